The van der Waals surface area contributed by atoms with Crippen molar-refractivity contribution in [1.82, 2.24) is 14.5 Å². The van der Waals surface area contributed by atoms with E-state index in [1.165, 1.54) is 23.8 Å². The summed E-state index contributed by atoms with van der Waals surface area (Å²) in [5, 5.41) is 1.92. The minimum atomic E-state index is -0.780. The fraction of sp³-hybridized carbons (Fsp3) is 0.156. The number of hydrogen-bond acceptors (Lipinski definition) is 3. The van der Waals surface area contributed by atoms with Crippen molar-refractivity contribution in [2.24, 2.45) is 5.73 Å². The minimum Gasteiger partial charge on any atom is -0.366 e. The topological polar surface area (TPSA) is 114 Å². The number of aryl methyl sites for hydroxylation is 1. The van der Waals surface area contributed by atoms with Gasteiger partial charge in [0.2, 0.25) is 0 Å². The smallest absolute Gasteiger partial charge is 0.333 e. The molecular weight excluding hydrogens is 507 g/mol. The minimum absolute atomic E-state index is 0.0494. The molecule has 2 heterocycles. The molecule has 5 rings (SSSR count). The van der Waals surface area contributed by atoms with Crippen LogP contribution in [0.4, 0.5) is 4.39 Å². The first kappa shape index (κ1) is 26.6. The molecule has 0 saturated heterocycles. The van der Waals surface area contributed by atoms with E-state index >= 15 is 0 Å². The molecule has 0 saturated carbocycles. The number of H-pyrrole nitrogens is 2. The Labute approximate surface area is 229 Å². The van der Waals surface area contributed by atoms with Crippen LogP contribution in [0.25, 0.3) is 44.0 Å². The van der Waals surface area contributed by atoms with Crippen molar-refractivity contribution in [1.29, 1.82) is 0 Å². The molecule has 0 fully saturated rings. The van der Waals surface area contributed by atoms with Gasteiger partial charge in [-0.25, -0.2) is 13.8 Å². The van der Waals surface area contributed by atoms with Crippen LogP contribution in [0.5, 0.6) is 0 Å². The number of nitrogens with two attached hydrogens (primary N) is 1. The Morgan fingerprint density at radius 3 is 2.52 bits per heavy atom. The lowest BCUT2D eigenvalue weighted by molar-refractivity contribution is 0.100. The Morgan fingerprint density at radius 1 is 1.07 bits per heavy atom. The van der Waals surface area contributed by atoms with Gasteiger partial charge in [-0.15, -0.1) is 0 Å². The van der Waals surface area contributed by atoms with E-state index in [2.05, 4.69) is 48.6 Å². The highest BCUT2D eigenvalue weighted by Gasteiger charge is 2.19. The Morgan fingerprint density at radius 2 is 1.82 bits per heavy atom. The van der Waals surface area contributed by atoms with Crippen LogP contribution in [0.1, 0.15) is 53.7 Å². The van der Waals surface area contributed by atoms with Gasteiger partial charge in [0, 0.05) is 22.0 Å². The Bertz CT molecular complexity index is 2050. The lowest BCUT2D eigenvalue weighted by atomic mass is 9.92. The number of allylic oxidation sites excluding steroid dienone is 5. The molecule has 0 radical (unpaired) electrons. The van der Waals surface area contributed by atoms with Crippen LogP contribution >= 0.6 is 0 Å². The third kappa shape index (κ3) is 4.37. The lowest BCUT2D eigenvalue weighted by Gasteiger charge is -2.12. The summed E-state index contributed by atoms with van der Waals surface area (Å²) in [6.07, 6.45) is 5.08. The molecule has 0 bridgehead atoms. The van der Waals surface area contributed by atoms with E-state index in [1.807, 2.05) is 19.9 Å². The standard InChI is InChI=1S/C32H29FN4O3/c1-16(2)20-12-13-21-25(15-20)35-29-23(30(34)38)14-18(4)26(27(21)29)17(3)8-6-9-19(5)37-31(39)22-10-7-11-24(33)28(22)36-32(37)40/h6-16,35H,5H2,1-4H3,(H2,34,38)(H,36,40)/b9-6-,17-8+. The average Bonchev–Trinajstić information content (AvgIpc) is 3.27. The molecule has 1 amide bonds. The monoisotopic (exact) mass is 536 g/mol. The van der Waals surface area contributed by atoms with Gasteiger partial charge in [0.1, 0.15) is 5.82 Å². The molecule has 0 aliphatic rings. The van der Waals surface area contributed by atoms with Gasteiger partial charge in [-0.05, 0) is 72.4 Å². The number of halogens is 1. The average molecular weight is 537 g/mol. The second-order valence-electron chi connectivity index (χ2n) is 10.2. The maximum atomic E-state index is 14.1. The molecule has 0 unspecified atom stereocenters. The van der Waals surface area contributed by atoms with Gasteiger partial charge in [-0.2, -0.15) is 0 Å². The van der Waals surface area contributed by atoms with Crippen molar-refractivity contribution in [2.45, 2.75) is 33.6 Å². The van der Waals surface area contributed by atoms with Gasteiger partial charge in [0.15, 0.2) is 0 Å². The SMILES string of the molecule is C=C(/C=C\C=C(/C)c1c(C)cc(C(N)=O)c2[nH]c3cc(C(C)C)ccc3c12)n1c(=O)[nH]c2c(F)cccc2c1=O. The highest BCUT2D eigenvalue weighted by atomic mass is 19.1. The Kier molecular flexibility index (Phi) is 6.63. The third-order valence-electron chi connectivity index (χ3n) is 7.23. The number of carbonyl (C=O) groups excluding carboxylic acids is 1. The summed E-state index contributed by atoms with van der Waals surface area (Å²) >= 11 is 0. The predicted octanol–water partition coefficient (Wildman–Crippen LogP) is 6.12. The summed E-state index contributed by atoms with van der Waals surface area (Å²) in [6.45, 7) is 12.0. The molecule has 0 atom stereocenters. The number of benzene rings is 3. The molecule has 40 heavy (non-hydrogen) atoms. The van der Waals surface area contributed by atoms with Crippen LogP contribution in [0, 0.1) is 12.7 Å². The number of fused-ring (bicyclic) bond motifs is 4. The molecular formula is C32H29FN4O3. The number of amides is 1. The molecule has 5 aromatic rings. The number of para-hydroxylation sites is 1. The van der Waals surface area contributed by atoms with E-state index in [4.69, 9.17) is 5.73 Å². The zero-order chi connectivity index (χ0) is 28.9. The van der Waals surface area contributed by atoms with Crippen molar-refractivity contribution in [3.05, 3.63) is 116 Å². The van der Waals surface area contributed by atoms with E-state index in [-0.39, 0.29) is 16.6 Å². The maximum Gasteiger partial charge on any atom is 0.333 e. The first-order chi connectivity index (χ1) is 19.0. The molecule has 2 aromatic heterocycles. The van der Waals surface area contributed by atoms with Gasteiger partial charge in [0.05, 0.1) is 22.0 Å². The molecule has 0 aliphatic heterocycles. The highest BCUT2D eigenvalue weighted by Crippen LogP contribution is 2.37. The zero-order valence-electron chi connectivity index (χ0n) is 22.7. The van der Waals surface area contributed by atoms with Gasteiger partial charge in [-0.1, -0.05) is 50.8 Å². The first-order valence-corrected chi connectivity index (χ1v) is 12.9. The number of rotatable bonds is 6. The van der Waals surface area contributed by atoms with Crippen LogP contribution in [-0.4, -0.2) is 20.4 Å². The van der Waals surface area contributed by atoms with E-state index < -0.39 is 23.0 Å². The summed E-state index contributed by atoms with van der Waals surface area (Å²) in [4.78, 5) is 43.7. The number of aromatic amines is 2. The third-order valence-corrected chi connectivity index (χ3v) is 7.23. The number of nitrogens with one attached hydrogen (secondary N) is 2. The Hall–Kier alpha value is -4.98. The summed E-state index contributed by atoms with van der Waals surface area (Å²) in [5.74, 6) is -0.853. The van der Waals surface area contributed by atoms with Crippen molar-refractivity contribution in [3.8, 4) is 0 Å². The van der Waals surface area contributed by atoms with Crippen molar-refractivity contribution < 1.29 is 9.18 Å². The van der Waals surface area contributed by atoms with Gasteiger partial charge >= 0.3 is 5.69 Å². The number of hydrogen-bond donors (Lipinski definition) is 3. The molecule has 0 aliphatic carbocycles. The normalized spacial score (nSPS) is 12.4. The maximum absolute atomic E-state index is 14.1. The summed E-state index contributed by atoms with van der Waals surface area (Å²) < 4.78 is 15.0. The second-order valence-corrected chi connectivity index (χ2v) is 10.2. The van der Waals surface area contributed by atoms with Crippen molar-refractivity contribution >= 4 is 49.9 Å². The van der Waals surface area contributed by atoms with Gasteiger partial charge in [-0.3, -0.25) is 9.59 Å². The fourth-order valence-electron chi connectivity index (χ4n) is 5.22. The molecule has 8 heteroatoms. The van der Waals surface area contributed by atoms with Crippen LogP contribution in [0.15, 0.2) is 76.9 Å². The van der Waals surface area contributed by atoms with Gasteiger partial charge in [0.25, 0.3) is 11.5 Å². The van der Waals surface area contributed by atoms with E-state index in [1.54, 1.807) is 18.2 Å². The van der Waals surface area contributed by atoms with E-state index in [0.29, 0.717) is 17.0 Å². The fourth-order valence-corrected chi connectivity index (χ4v) is 5.22. The predicted molar refractivity (Wildman–Crippen MR) is 160 cm³/mol. The highest BCUT2D eigenvalue weighted by molar-refractivity contribution is 6.18. The summed E-state index contributed by atoms with van der Waals surface area (Å²) in [7, 11) is 0. The molecule has 3 aromatic carbocycles. The van der Waals surface area contributed by atoms with Crippen LogP contribution < -0.4 is 17.0 Å². The molecule has 202 valence electrons. The first-order valence-electron chi connectivity index (χ1n) is 12.9. The summed E-state index contributed by atoms with van der Waals surface area (Å²) in [6, 6.07) is 12.1. The number of carbonyl (C=O) groups is 1. The van der Waals surface area contributed by atoms with Crippen LogP contribution in [0.2, 0.25) is 0 Å². The molecule has 4 N–H and O–H groups in total. The molecule has 0 spiro atoms. The quantitative estimate of drug-likeness (QED) is 0.227. The zero-order valence-corrected chi connectivity index (χ0v) is 22.7. The second kappa shape index (κ2) is 9.96. The van der Waals surface area contributed by atoms with Crippen LogP contribution in [-0.2, 0) is 0 Å². The van der Waals surface area contributed by atoms with Gasteiger partial charge < -0.3 is 15.7 Å². The Balaban J connectivity index is 1.61. The summed E-state index contributed by atoms with van der Waals surface area (Å²) in [5.41, 5.74) is 10.2. The molecule has 7 nitrogen and oxygen atoms in total. The number of nitrogens with zero attached hydrogens (tertiary/aromatic N) is 1. The number of primary amides is 1. The van der Waals surface area contributed by atoms with Crippen molar-refractivity contribution in [3.63, 3.8) is 0 Å². The van der Waals surface area contributed by atoms with Crippen LogP contribution in [0.3, 0.4) is 0 Å². The van der Waals surface area contributed by atoms with Crippen molar-refractivity contribution in [2.75, 3.05) is 0 Å². The van der Waals surface area contributed by atoms with E-state index in [9.17, 15) is 18.8 Å². The largest absolute Gasteiger partial charge is 0.366 e. The lowest BCUT2D eigenvalue weighted by Crippen LogP contribution is -2.34. The number of aromatic nitrogens is 3. The van der Waals surface area contributed by atoms with E-state index in [0.717, 1.165) is 37.6 Å².